The molecule has 0 nitrogen and oxygen atoms in total. The fourth-order valence-electron chi connectivity index (χ4n) is 5.75. The van der Waals surface area contributed by atoms with Crippen molar-refractivity contribution < 1.29 is 8.78 Å². The molecule has 2 aromatic carbocycles. The molecule has 2 aromatic rings. The Morgan fingerprint density at radius 2 is 1.79 bits per heavy atom. The Kier molecular flexibility index (Phi) is 5.85. The van der Waals surface area contributed by atoms with Crippen LogP contribution in [0.1, 0.15) is 75.3 Å². The van der Waals surface area contributed by atoms with Crippen LogP contribution in [0, 0.1) is 29.4 Å². The number of aryl methyl sites for hydroxylation is 1. The van der Waals surface area contributed by atoms with Crippen molar-refractivity contribution in [1.29, 1.82) is 0 Å². The van der Waals surface area contributed by atoms with Crippen LogP contribution < -0.4 is 0 Å². The van der Waals surface area contributed by atoms with E-state index >= 15 is 0 Å². The number of allylic oxidation sites excluding steroid dienone is 1. The molecule has 2 heteroatoms. The van der Waals surface area contributed by atoms with E-state index in [1.54, 1.807) is 6.08 Å². The molecule has 0 spiro atoms. The van der Waals surface area contributed by atoms with Gasteiger partial charge in [-0.05, 0) is 97.3 Å². The van der Waals surface area contributed by atoms with Gasteiger partial charge in [0, 0.05) is 5.39 Å². The number of hydrogen-bond acceptors (Lipinski definition) is 0. The highest BCUT2D eigenvalue weighted by atomic mass is 19.2. The van der Waals surface area contributed by atoms with Crippen molar-refractivity contribution in [3.8, 4) is 0 Å². The van der Waals surface area contributed by atoms with E-state index in [9.17, 15) is 8.78 Å². The van der Waals surface area contributed by atoms with Crippen LogP contribution in [-0.4, -0.2) is 0 Å². The molecule has 2 fully saturated rings. The maximum Gasteiger partial charge on any atom is 0.166 e. The molecule has 4 unspecified atom stereocenters. The van der Waals surface area contributed by atoms with Gasteiger partial charge < -0.3 is 0 Å². The molecule has 2 aliphatic carbocycles. The summed E-state index contributed by atoms with van der Waals surface area (Å²) in [6.07, 6.45) is 12.0. The minimum atomic E-state index is -0.687. The lowest BCUT2D eigenvalue weighted by atomic mass is 9.63. The Hall–Kier alpha value is -1.70. The first kappa shape index (κ1) is 19.6. The van der Waals surface area contributed by atoms with Crippen LogP contribution in [0.15, 0.2) is 36.9 Å². The third kappa shape index (κ3) is 3.75. The maximum absolute atomic E-state index is 14.8. The second-order valence-corrected chi connectivity index (χ2v) is 9.09. The van der Waals surface area contributed by atoms with Gasteiger partial charge in [-0.2, -0.15) is 0 Å². The Morgan fingerprint density at radius 1 is 1.00 bits per heavy atom. The predicted molar refractivity (Wildman–Crippen MR) is 114 cm³/mol. The van der Waals surface area contributed by atoms with Gasteiger partial charge in [-0.15, -0.1) is 6.58 Å². The first-order chi connectivity index (χ1) is 13.6. The van der Waals surface area contributed by atoms with Crippen LogP contribution in [0.2, 0.25) is 0 Å². The summed E-state index contributed by atoms with van der Waals surface area (Å²) < 4.78 is 29.3. The number of rotatable bonds is 5. The topological polar surface area (TPSA) is 0 Å². The molecule has 0 bridgehead atoms. The Morgan fingerprint density at radius 3 is 2.57 bits per heavy atom. The number of fused-ring (bicyclic) bond motifs is 2. The molecule has 2 aliphatic rings. The van der Waals surface area contributed by atoms with Gasteiger partial charge in [-0.3, -0.25) is 0 Å². The summed E-state index contributed by atoms with van der Waals surface area (Å²) in [7, 11) is 0. The van der Waals surface area contributed by atoms with Crippen LogP contribution >= 0.6 is 0 Å². The predicted octanol–water partition coefficient (Wildman–Crippen LogP) is 7.95. The molecule has 4 rings (SSSR count). The van der Waals surface area contributed by atoms with Crippen molar-refractivity contribution in [2.75, 3.05) is 0 Å². The average Bonchev–Trinajstić information content (AvgIpc) is 2.74. The van der Waals surface area contributed by atoms with Crippen molar-refractivity contribution in [2.45, 2.75) is 70.6 Å². The molecular formula is C26H32F2. The van der Waals surface area contributed by atoms with Crippen molar-refractivity contribution in [1.82, 2.24) is 0 Å². The van der Waals surface area contributed by atoms with E-state index in [2.05, 4.69) is 19.6 Å². The lowest BCUT2D eigenvalue weighted by Crippen LogP contribution is -2.30. The second kappa shape index (κ2) is 8.35. The zero-order chi connectivity index (χ0) is 19.7. The van der Waals surface area contributed by atoms with E-state index in [0.29, 0.717) is 29.7 Å². The van der Waals surface area contributed by atoms with E-state index in [0.717, 1.165) is 23.1 Å². The maximum atomic E-state index is 14.8. The molecule has 2 saturated carbocycles. The van der Waals surface area contributed by atoms with Crippen LogP contribution in [0.5, 0.6) is 0 Å². The summed E-state index contributed by atoms with van der Waals surface area (Å²) >= 11 is 0. The molecule has 4 atom stereocenters. The summed E-state index contributed by atoms with van der Waals surface area (Å²) in [5.41, 5.74) is 1.64. The number of benzene rings is 2. The van der Waals surface area contributed by atoms with E-state index < -0.39 is 11.6 Å². The molecule has 0 saturated heterocycles. The normalized spacial score (nSPS) is 27.5. The summed E-state index contributed by atoms with van der Waals surface area (Å²) in [5, 5.41) is 1.24. The summed E-state index contributed by atoms with van der Waals surface area (Å²) in [5.74, 6) is 1.75. The second-order valence-electron chi connectivity index (χ2n) is 9.09. The Bertz CT molecular complexity index is 853. The standard InChI is InChI=1S/C26H32F2/c1-3-5-6-23-15-22-12-11-21(16-24(22)26(28)25(23)27)20-10-9-18-13-17(4-2)7-8-19(18)14-20/h3,11-12,15-20H,1,4-10,13-14H2,2H3. The average molecular weight is 383 g/mol. The highest BCUT2D eigenvalue weighted by Gasteiger charge is 2.35. The molecule has 0 aromatic heterocycles. The monoisotopic (exact) mass is 382 g/mol. The SMILES string of the molecule is C=CCCc1cc2ccc(C3CCC4CC(CC)CCC4C3)cc2c(F)c1F. The largest absolute Gasteiger partial charge is 0.203 e. The van der Waals surface area contributed by atoms with Gasteiger partial charge in [0.25, 0.3) is 0 Å². The van der Waals surface area contributed by atoms with Gasteiger partial charge in [0.05, 0.1) is 0 Å². The molecule has 0 heterocycles. The first-order valence-electron chi connectivity index (χ1n) is 11.1. The fraction of sp³-hybridized carbons (Fsp3) is 0.538. The Labute approximate surface area is 168 Å². The number of hydrogen-bond donors (Lipinski definition) is 0. The van der Waals surface area contributed by atoms with Crippen LogP contribution in [0.3, 0.4) is 0 Å². The van der Waals surface area contributed by atoms with Crippen LogP contribution in [0.4, 0.5) is 8.78 Å². The van der Waals surface area contributed by atoms with Gasteiger partial charge in [0.1, 0.15) is 0 Å². The molecule has 0 amide bonds. The van der Waals surface area contributed by atoms with Gasteiger partial charge in [-0.1, -0.05) is 38.0 Å². The van der Waals surface area contributed by atoms with E-state index in [-0.39, 0.29) is 0 Å². The van der Waals surface area contributed by atoms with Crippen molar-refractivity contribution in [3.63, 3.8) is 0 Å². The van der Waals surface area contributed by atoms with Gasteiger partial charge in [0.2, 0.25) is 0 Å². The zero-order valence-corrected chi connectivity index (χ0v) is 17.0. The minimum Gasteiger partial charge on any atom is -0.203 e. The molecule has 150 valence electrons. The van der Waals surface area contributed by atoms with E-state index in [1.807, 2.05) is 18.2 Å². The van der Waals surface area contributed by atoms with Crippen molar-refractivity contribution in [2.24, 2.45) is 17.8 Å². The third-order valence-electron chi connectivity index (χ3n) is 7.51. The van der Waals surface area contributed by atoms with Crippen LogP contribution in [-0.2, 0) is 6.42 Å². The van der Waals surface area contributed by atoms with Crippen molar-refractivity contribution >= 4 is 10.8 Å². The summed E-state index contributed by atoms with van der Waals surface area (Å²) in [6, 6.07) is 7.88. The van der Waals surface area contributed by atoms with Crippen LogP contribution in [0.25, 0.3) is 10.8 Å². The fourth-order valence-corrected chi connectivity index (χ4v) is 5.75. The lowest BCUT2D eigenvalue weighted by molar-refractivity contribution is 0.116. The summed E-state index contributed by atoms with van der Waals surface area (Å²) in [4.78, 5) is 0. The summed E-state index contributed by atoms with van der Waals surface area (Å²) in [6.45, 7) is 6.00. The van der Waals surface area contributed by atoms with Crippen molar-refractivity contribution in [3.05, 3.63) is 59.7 Å². The molecule has 0 N–H and O–H groups in total. The smallest absolute Gasteiger partial charge is 0.166 e. The zero-order valence-electron chi connectivity index (χ0n) is 17.0. The van der Waals surface area contributed by atoms with E-state index in [1.165, 1.54) is 50.5 Å². The molecular weight excluding hydrogens is 350 g/mol. The van der Waals surface area contributed by atoms with Gasteiger partial charge in [0.15, 0.2) is 11.6 Å². The quantitative estimate of drug-likeness (QED) is 0.460. The Balaban J connectivity index is 1.57. The van der Waals surface area contributed by atoms with E-state index in [4.69, 9.17) is 0 Å². The number of halogens is 2. The molecule has 0 radical (unpaired) electrons. The minimum absolute atomic E-state index is 0.439. The van der Waals surface area contributed by atoms with Gasteiger partial charge >= 0.3 is 0 Å². The highest BCUT2D eigenvalue weighted by Crippen LogP contribution is 2.48. The lowest BCUT2D eigenvalue weighted by Gasteiger charge is -2.42. The highest BCUT2D eigenvalue weighted by molar-refractivity contribution is 5.85. The molecule has 0 aliphatic heterocycles. The molecule has 28 heavy (non-hydrogen) atoms. The van der Waals surface area contributed by atoms with Gasteiger partial charge in [-0.25, -0.2) is 8.78 Å². The first-order valence-corrected chi connectivity index (χ1v) is 11.1. The third-order valence-corrected chi connectivity index (χ3v) is 7.51.